The highest BCUT2D eigenvalue weighted by Gasteiger charge is 2.16. The maximum Gasteiger partial charge on any atom is 0.293 e. The first kappa shape index (κ1) is 21.4. The van der Waals surface area contributed by atoms with Crippen LogP contribution in [0.15, 0.2) is 58.4 Å². The quantitative estimate of drug-likeness (QED) is 0.474. The van der Waals surface area contributed by atoms with Crippen molar-refractivity contribution >= 4 is 17.5 Å². The molecule has 0 aliphatic heterocycles. The SMILES string of the molecule is Cn1ccc(C(=O)NCc2cccc(NC(=O)c3ccn(C)c(=O)c3O)c2)c(O)c1=O. The minimum atomic E-state index is -0.692. The highest BCUT2D eigenvalue weighted by atomic mass is 16.3. The number of aryl methyl sites for hydroxylation is 2. The molecular weight excluding hydrogens is 404 g/mol. The van der Waals surface area contributed by atoms with Gasteiger partial charge in [-0.25, -0.2) is 0 Å². The molecule has 2 aromatic heterocycles. The van der Waals surface area contributed by atoms with E-state index in [-0.39, 0.29) is 17.7 Å². The van der Waals surface area contributed by atoms with Crippen molar-refractivity contribution in [1.29, 1.82) is 0 Å². The van der Waals surface area contributed by atoms with Gasteiger partial charge in [-0.1, -0.05) is 12.1 Å². The number of carbonyl (C=O) groups is 2. The summed E-state index contributed by atoms with van der Waals surface area (Å²) in [5, 5.41) is 25.0. The molecule has 0 saturated heterocycles. The van der Waals surface area contributed by atoms with Gasteiger partial charge in [0.2, 0.25) is 0 Å². The molecule has 0 bridgehead atoms. The zero-order chi connectivity index (χ0) is 22.7. The number of nitrogens with one attached hydrogen (secondary N) is 2. The van der Waals surface area contributed by atoms with Crippen LogP contribution < -0.4 is 21.8 Å². The van der Waals surface area contributed by atoms with Gasteiger partial charge < -0.3 is 30.0 Å². The number of hydrogen-bond donors (Lipinski definition) is 4. The summed E-state index contributed by atoms with van der Waals surface area (Å²) in [7, 11) is 2.91. The van der Waals surface area contributed by atoms with E-state index >= 15 is 0 Å². The molecular formula is C21H20N4O6. The van der Waals surface area contributed by atoms with Crippen molar-refractivity contribution in [3.63, 3.8) is 0 Å². The van der Waals surface area contributed by atoms with Gasteiger partial charge in [0.25, 0.3) is 22.9 Å². The number of nitrogens with zero attached hydrogens (tertiary/aromatic N) is 2. The van der Waals surface area contributed by atoms with Crippen LogP contribution in [-0.4, -0.2) is 31.2 Å². The largest absolute Gasteiger partial charge is 0.502 e. The number of benzene rings is 1. The summed E-state index contributed by atoms with van der Waals surface area (Å²) < 4.78 is 2.30. The average molecular weight is 424 g/mol. The van der Waals surface area contributed by atoms with Gasteiger partial charge in [-0.15, -0.1) is 0 Å². The monoisotopic (exact) mass is 424 g/mol. The Kier molecular flexibility index (Phi) is 5.91. The van der Waals surface area contributed by atoms with E-state index in [9.17, 15) is 29.4 Å². The summed E-state index contributed by atoms with van der Waals surface area (Å²) >= 11 is 0. The van der Waals surface area contributed by atoms with Gasteiger partial charge in [0.1, 0.15) is 0 Å². The first-order valence-electron chi connectivity index (χ1n) is 9.14. The number of carbonyl (C=O) groups excluding carboxylic acids is 2. The van der Waals surface area contributed by atoms with Crippen LogP contribution in [0.3, 0.4) is 0 Å². The molecule has 4 N–H and O–H groups in total. The molecule has 10 heteroatoms. The van der Waals surface area contributed by atoms with Gasteiger partial charge in [0.15, 0.2) is 11.5 Å². The molecule has 10 nitrogen and oxygen atoms in total. The number of amides is 2. The fourth-order valence-electron chi connectivity index (χ4n) is 2.83. The molecule has 0 aliphatic rings. The molecule has 0 saturated carbocycles. The predicted octanol–water partition coefficient (Wildman–Crippen LogP) is 0.677. The van der Waals surface area contributed by atoms with E-state index in [1.807, 2.05) is 0 Å². The van der Waals surface area contributed by atoms with Crippen LogP contribution >= 0.6 is 0 Å². The molecule has 0 unspecified atom stereocenters. The Bertz CT molecular complexity index is 1290. The number of anilines is 1. The van der Waals surface area contributed by atoms with E-state index < -0.39 is 34.4 Å². The van der Waals surface area contributed by atoms with Crippen LogP contribution in [-0.2, 0) is 20.6 Å². The lowest BCUT2D eigenvalue weighted by Crippen LogP contribution is -2.26. The van der Waals surface area contributed by atoms with Crippen LogP contribution in [0.1, 0.15) is 26.3 Å². The van der Waals surface area contributed by atoms with Crippen LogP contribution in [0, 0.1) is 0 Å². The van der Waals surface area contributed by atoms with Crippen molar-refractivity contribution in [3.8, 4) is 11.5 Å². The Morgan fingerprint density at radius 2 is 1.42 bits per heavy atom. The molecule has 0 fully saturated rings. The molecule has 1 aromatic carbocycles. The summed E-state index contributed by atoms with van der Waals surface area (Å²) in [6.45, 7) is 0.0638. The minimum absolute atomic E-state index is 0.0638. The molecule has 0 aliphatic carbocycles. The van der Waals surface area contributed by atoms with Gasteiger partial charge in [0, 0.05) is 38.7 Å². The third-order valence-electron chi connectivity index (χ3n) is 4.61. The van der Waals surface area contributed by atoms with E-state index in [0.29, 0.717) is 11.3 Å². The number of pyridine rings is 2. The summed E-state index contributed by atoms with van der Waals surface area (Å²) in [4.78, 5) is 48.2. The molecule has 2 amide bonds. The lowest BCUT2D eigenvalue weighted by molar-refractivity contribution is 0.0946. The van der Waals surface area contributed by atoms with E-state index in [2.05, 4.69) is 10.6 Å². The van der Waals surface area contributed by atoms with Gasteiger partial charge in [0.05, 0.1) is 11.1 Å². The van der Waals surface area contributed by atoms with Crippen LogP contribution in [0.25, 0.3) is 0 Å². The van der Waals surface area contributed by atoms with Crippen LogP contribution in [0.5, 0.6) is 11.5 Å². The Hall–Kier alpha value is -4.34. The van der Waals surface area contributed by atoms with E-state index in [4.69, 9.17) is 0 Å². The summed E-state index contributed by atoms with van der Waals surface area (Å²) in [5.74, 6) is -2.59. The normalized spacial score (nSPS) is 10.5. The molecule has 160 valence electrons. The molecule has 0 radical (unpaired) electrons. The number of aromatic hydroxyl groups is 2. The first-order chi connectivity index (χ1) is 14.7. The molecule has 3 rings (SSSR count). The standard InChI is InChI=1S/C21H20N4O6/c1-24-8-6-14(16(26)20(24)30)18(28)22-11-12-4-3-5-13(10-12)23-19(29)15-7-9-25(2)21(31)17(15)27/h3-10,26-27H,11H2,1-2H3,(H,22,28)(H,23,29). The fraction of sp³-hybridized carbons (Fsp3) is 0.143. The van der Waals surface area contributed by atoms with Crippen molar-refractivity contribution in [2.45, 2.75) is 6.54 Å². The number of hydrogen-bond acceptors (Lipinski definition) is 6. The van der Waals surface area contributed by atoms with Crippen LogP contribution in [0.4, 0.5) is 5.69 Å². The molecule has 3 aromatic rings. The molecule has 31 heavy (non-hydrogen) atoms. The second kappa shape index (κ2) is 8.57. The van der Waals surface area contributed by atoms with E-state index in [0.717, 1.165) is 9.13 Å². The van der Waals surface area contributed by atoms with Gasteiger partial charge in [-0.3, -0.25) is 19.2 Å². The van der Waals surface area contributed by atoms with E-state index in [1.54, 1.807) is 24.3 Å². The Labute approximate surface area is 176 Å². The summed E-state index contributed by atoms with van der Waals surface area (Å²) in [5.41, 5.74) is -0.674. The smallest absolute Gasteiger partial charge is 0.293 e. The molecule has 0 spiro atoms. The first-order valence-corrected chi connectivity index (χ1v) is 9.14. The maximum absolute atomic E-state index is 12.4. The van der Waals surface area contributed by atoms with E-state index in [1.165, 1.54) is 38.6 Å². The highest BCUT2D eigenvalue weighted by molar-refractivity contribution is 6.06. The van der Waals surface area contributed by atoms with Crippen molar-refractivity contribution in [3.05, 3.63) is 86.2 Å². The lowest BCUT2D eigenvalue weighted by Gasteiger charge is -2.10. The third kappa shape index (κ3) is 4.47. The fourth-order valence-corrected chi connectivity index (χ4v) is 2.83. The van der Waals surface area contributed by atoms with Crippen LogP contribution in [0.2, 0.25) is 0 Å². The molecule has 2 heterocycles. The number of aromatic nitrogens is 2. The lowest BCUT2D eigenvalue weighted by atomic mass is 10.1. The van der Waals surface area contributed by atoms with Gasteiger partial charge >= 0.3 is 0 Å². The van der Waals surface area contributed by atoms with Crippen molar-refractivity contribution in [2.75, 3.05) is 5.32 Å². The average Bonchev–Trinajstić information content (AvgIpc) is 2.74. The third-order valence-corrected chi connectivity index (χ3v) is 4.61. The van der Waals surface area contributed by atoms with Crippen molar-refractivity contribution < 1.29 is 19.8 Å². The molecule has 0 atom stereocenters. The topological polar surface area (TPSA) is 143 Å². The maximum atomic E-state index is 12.4. The second-order valence-corrected chi connectivity index (χ2v) is 6.83. The summed E-state index contributed by atoms with van der Waals surface area (Å²) in [6.07, 6.45) is 2.74. The minimum Gasteiger partial charge on any atom is -0.502 e. The zero-order valence-corrected chi connectivity index (χ0v) is 16.7. The Morgan fingerprint density at radius 3 is 2.00 bits per heavy atom. The second-order valence-electron chi connectivity index (χ2n) is 6.83. The Morgan fingerprint density at radius 1 is 0.871 bits per heavy atom. The van der Waals surface area contributed by atoms with Crippen molar-refractivity contribution in [2.24, 2.45) is 14.1 Å². The van der Waals surface area contributed by atoms with Crippen molar-refractivity contribution in [1.82, 2.24) is 14.5 Å². The van der Waals surface area contributed by atoms with Gasteiger partial charge in [-0.05, 0) is 29.8 Å². The zero-order valence-electron chi connectivity index (χ0n) is 16.7. The summed E-state index contributed by atoms with van der Waals surface area (Å²) in [6, 6.07) is 9.21. The predicted molar refractivity (Wildman–Crippen MR) is 112 cm³/mol. The highest BCUT2D eigenvalue weighted by Crippen LogP contribution is 2.16. The Balaban J connectivity index is 1.71. The van der Waals surface area contributed by atoms with Gasteiger partial charge in [-0.2, -0.15) is 0 Å². The number of rotatable bonds is 5.